The Morgan fingerprint density at radius 3 is 2.50 bits per heavy atom. The first-order chi connectivity index (χ1) is 7.40. The second kappa shape index (κ2) is 4.71. The Morgan fingerprint density at radius 2 is 2.06 bits per heavy atom. The molecule has 0 saturated carbocycles. The molecule has 0 aliphatic carbocycles. The van der Waals surface area contributed by atoms with Gasteiger partial charge in [0.1, 0.15) is 5.75 Å². The highest BCUT2D eigenvalue weighted by molar-refractivity contribution is 5.40. The van der Waals surface area contributed by atoms with Crippen molar-refractivity contribution in [3.63, 3.8) is 0 Å². The quantitative estimate of drug-likeness (QED) is 0.838. The van der Waals surface area contributed by atoms with Crippen LogP contribution in [0.5, 0.6) is 5.75 Å². The number of halogens is 3. The first-order valence-corrected chi connectivity index (χ1v) is 4.51. The van der Waals surface area contributed by atoms with E-state index in [0.717, 1.165) is 12.1 Å². The van der Waals surface area contributed by atoms with Gasteiger partial charge < -0.3 is 15.6 Å². The topological polar surface area (TPSA) is 55.5 Å². The number of ether oxygens (including phenoxy) is 1. The molecule has 3 nitrogen and oxygen atoms in total. The third-order valence-electron chi connectivity index (χ3n) is 2.16. The molecule has 0 aliphatic heterocycles. The van der Waals surface area contributed by atoms with Crippen LogP contribution in [0.1, 0.15) is 17.2 Å². The minimum Gasteiger partial charge on any atom is -0.496 e. The summed E-state index contributed by atoms with van der Waals surface area (Å²) in [6, 6.07) is 2.23. The average molecular weight is 235 g/mol. The zero-order valence-electron chi connectivity index (χ0n) is 8.58. The number of aliphatic hydroxyl groups excluding tert-OH is 1. The molecule has 90 valence electrons. The number of hydrogen-bond acceptors (Lipinski definition) is 3. The van der Waals surface area contributed by atoms with Crippen molar-refractivity contribution in [3.05, 3.63) is 29.3 Å². The summed E-state index contributed by atoms with van der Waals surface area (Å²) >= 11 is 0. The van der Waals surface area contributed by atoms with Crippen molar-refractivity contribution in [1.82, 2.24) is 0 Å². The lowest BCUT2D eigenvalue weighted by Crippen LogP contribution is -2.16. The molecule has 0 amide bonds. The van der Waals surface area contributed by atoms with E-state index in [2.05, 4.69) is 0 Å². The summed E-state index contributed by atoms with van der Waals surface area (Å²) < 4.78 is 42.0. The van der Waals surface area contributed by atoms with Crippen molar-refractivity contribution in [2.75, 3.05) is 13.7 Å². The van der Waals surface area contributed by atoms with Crippen molar-refractivity contribution in [1.29, 1.82) is 0 Å². The first-order valence-electron chi connectivity index (χ1n) is 4.51. The van der Waals surface area contributed by atoms with Crippen LogP contribution in [0.2, 0.25) is 0 Å². The van der Waals surface area contributed by atoms with E-state index in [1.165, 1.54) is 13.2 Å². The third-order valence-corrected chi connectivity index (χ3v) is 2.16. The van der Waals surface area contributed by atoms with Gasteiger partial charge in [-0.25, -0.2) is 0 Å². The van der Waals surface area contributed by atoms with Crippen LogP contribution in [0.4, 0.5) is 13.2 Å². The number of hydrogen-bond donors (Lipinski definition) is 2. The Kier molecular flexibility index (Phi) is 3.77. The zero-order chi connectivity index (χ0) is 12.3. The highest BCUT2D eigenvalue weighted by Crippen LogP contribution is 2.34. The molecule has 0 aliphatic rings. The average Bonchev–Trinajstić information content (AvgIpc) is 2.26. The summed E-state index contributed by atoms with van der Waals surface area (Å²) in [5.74, 6) is 0.0244. The lowest BCUT2D eigenvalue weighted by molar-refractivity contribution is -0.137. The Balaban J connectivity index is 3.17. The minimum absolute atomic E-state index is 0.0244. The second-order valence-electron chi connectivity index (χ2n) is 3.24. The Hall–Kier alpha value is -1.27. The van der Waals surface area contributed by atoms with Crippen molar-refractivity contribution < 1.29 is 23.0 Å². The fourth-order valence-corrected chi connectivity index (χ4v) is 1.29. The van der Waals surface area contributed by atoms with Gasteiger partial charge in [-0.1, -0.05) is 6.07 Å². The van der Waals surface area contributed by atoms with Crippen LogP contribution in [-0.2, 0) is 6.18 Å². The standard InChI is InChI=1S/C10H12F3NO2/c1-16-9-4-6(10(11,12)13)2-3-7(9)8(14)5-15/h2-4,8,15H,5,14H2,1H3/t8-/m1/s1. The molecule has 0 fully saturated rings. The monoisotopic (exact) mass is 235 g/mol. The van der Waals surface area contributed by atoms with E-state index in [9.17, 15) is 13.2 Å². The van der Waals surface area contributed by atoms with Gasteiger partial charge in [-0.15, -0.1) is 0 Å². The van der Waals surface area contributed by atoms with E-state index in [1.54, 1.807) is 0 Å². The maximum absolute atomic E-state index is 12.4. The molecule has 0 radical (unpaired) electrons. The van der Waals surface area contributed by atoms with E-state index in [4.69, 9.17) is 15.6 Å². The number of benzene rings is 1. The van der Waals surface area contributed by atoms with Gasteiger partial charge in [0.15, 0.2) is 0 Å². The maximum Gasteiger partial charge on any atom is 0.416 e. The lowest BCUT2D eigenvalue weighted by Gasteiger charge is -2.15. The summed E-state index contributed by atoms with van der Waals surface area (Å²) in [4.78, 5) is 0. The highest BCUT2D eigenvalue weighted by Gasteiger charge is 2.31. The molecule has 6 heteroatoms. The summed E-state index contributed by atoms with van der Waals surface area (Å²) in [6.07, 6.45) is -4.42. The molecule has 1 rings (SSSR count). The van der Waals surface area contributed by atoms with E-state index < -0.39 is 17.8 Å². The van der Waals surface area contributed by atoms with Gasteiger partial charge >= 0.3 is 6.18 Å². The van der Waals surface area contributed by atoms with Crippen LogP contribution in [0.3, 0.4) is 0 Å². The summed E-state index contributed by atoms with van der Waals surface area (Å²) in [6.45, 7) is -0.359. The number of methoxy groups -OCH3 is 1. The molecule has 1 atom stereocenters. The zero-order valence-corrected chi connectivity index (χ0v) is 8.58. The van der Waals surface area contributed by atoms with Crippen LogP contribution >= 0.6 is 0 Å². The van der Waals surface area contributed by atoms with Gasteiger partial charge in [0.25, 0.3) is 0 Å². The Labute approximate surface area is 90.6 Å². The summed E-state index contributed by atoms with van der Waals surface area (Å²) in [5, 5.41) is 8.83. The lowest BCUT2D eigenvalue weighted by atomic mass is 10.0. The molecule has 0 saturated heterocycles. The van der Waals surface area contributed by atoms with E-state index in [1.807, 2.05) is 0 Å². The van der Waals surface area contributed by atoms with Crippen molar-refractivity contribution in [3.8, 4) is 5.75 Å². The van der Waals surface area contributed by atoms with E-state index in [0.29, 0.717) is 5.56 Å². The van der Waals surface area contributed by atoms with Crippen LogP contribution in [0.25, 0.3) is 0 Å². The van der Waals surface area contributed by atoms with Gasteiger partial charge in [0.2, 0.25) is 0 Å². The highest BCUT2D eigenvalue weighted by atomic mass is 19.4. The third kappa shape index (κ3) is 2.65. The molecular formula is C10H12F3NO2. The predicted octanol–water partition coefficient (Wildman–Crippen LogP) is 1.71. The van der Waals surface area contributed by atoms with Crippen LogP contribution in [0, 0.1) is 0 Å². The van der Waals surface area contributed by atoms with Gasteiger partial charge in [-0.3, -0.25) is 0 Å². The smallest absolute Gasteiger partial charge is 0.416 e. The number of rotatable bonds is 3. The van der Waals surface area contributed by atoms with Crippen molar-refractivity contribution in [2.45, 2.75) is 12.2 Å². The molecule has 0 spiro atoms. The summed E-state index contributed by atoms with van der Waals surface area (Å²) in [5.41, 5.74) is 5.06. The molecule has 1 aromatic rings. The predicted molar refractivity (Wildman–Crippen MR) is 52.0 cm³/mol. The van der Waals surface area contributed by atoms with Crippen molar-refractivity contribution >= 4 is 0 Å². The first kappa shape index (κ1) is 12.8. The number of alkyl halides is 3. The fourth-order valence-electron chi connectivity index (χ4n) is 1.29. The largest absolute Gasteiger partial charge is 0.496 e. The Morgan fingerprint density at radius 1 is 1.44 bits per heavy atom. The van der Waals surface area contributed by atoms with Gasteiger partial charge in [0, 0.05) is 5.56 Å². The van der Waals surface area contributed by atoms with Crippen LogP contribution in [0.15, 0.2) is 18.2 Å². The molecule has 16 heavy (non-hydrogen) atoms. The fraction of sp³-hybridized carbons (Fsp3) is 0.400. The van der Waals surface area contributed by atoms with Crippen molar-refractivity contribution in [2.24, 2.45) is 5.73 Å². The SMILES string of the molecule is COc1cc(C(F)(F)F)ccc1[C@H](N)CO. The molecule has 3 N–H and O–H groups in total. The van der Waals surface area contributed by atoms with Gasteiger partial charge in [-0.2, -0.15) is 13.2 Å². The molecule has 0 aromatic heterocycles. The maximum atomic E-state index is 12.4. The molecule has 0 unspecified atom stereocenters. The number of aliphatic hydroxyl groups is 1. The number of nitrogens with two attached hydrogens (primary N) is 1. The molecule has 1 aromatic carbocycles. The van der Waals surface area contributed by atoms with Gasteiger partial charge in [0.05, 0.1) is 25.3 Å². The summed E-state index contributed by atoms with van der Waals surface area (Å²) in [7, 11) is 1.25. The molecule has 0 heterocycles. The van der Waals surface area contributed by atoms with E-state index in [-0.39, 0.29) is 12.4 Å². The van der Waals surface area contributed by atoms with Gasteiger partial charge in [-0.05, 0) is 12.1 Å². The van der Waals surface area contributed by atoms with E-state index >= 15 is 0 Å². The molecular weight excluding hydrogens is 223 g/mol. The van der Waals surface area contributed by atoms with Crippen LogP contribution < -0.4 is 10.5 Å². The van der Waals surface area contributed by atoms with Crippen LogP contribution in [-0.4, -0.2) is 18.8 Å². The normalized spacial score (nSPS) is 13.6. The Bertz CT molecular complexity index is 366. The second-order valence-corrected chi connectivity index (χ2v) is 3.24. The molecule has 0 bridgehead atoms. The minimum atomic E-state index is -4.42.